The molecule has 2 N–H and O–H groups in total. The summed E-state index contributed by atoms with van der Waals surface area (Å²) in [4.78, 5) is 21.5. The maximum absolute atomic E-state index is 13.5. The van der Waals surface area contributed by atoms with E-state index < -0.39 is 40.2 Å². The molecule has 0 atom stereocenters. The number of hydrogen-bond donors (Lipinski definition) is 2. The molecule has 0 bridgehead atoms. The summed E-state index contributed by atoms with van der Waals surface area (Å²) in [5.41, 5.74) is 2.69. The first-order chi connectivity index (χ1) is 17.3. The van der Waals surface area contributed by atoms with Crippen LogP contribution >= 0.6 is 0 Å². The topological polar surface area (TPSA) is 94.6 Å². The summed E-state index contributed by atoms with van der Waals surface area (Å²) in [5, 5.41) is 2.23. The molecule has 1 spiro atoms. The van der Waals surface area contributed by atoms with Crippen molar-refractivity contribution in [1.82, 2.24) is 4.98 Å². The monoisotopic (exact) mass is 533 g/mol. The van der Waals surface area contributed by atoms with Crippen LogP contribution in [0.2, 0.25) is 0 Å². The van der Waals surface area contributed by atoms with Gasteiger partial charge in [-0.3, -0.25) is 9.52 Å². The molecule has 37 heavy (non-hydrogen) atoms. The van der Waals surface area contributed by atoms with Crippen LogP contribution in [0.4, 0.5) is 31.8 Å². The number of aromatic nitrogens is 1. The molecule has 3 heterocycles. The molecule has 0 radical (unpaired) electrons. The fourth-order valence-electron chi connectivity index (χ4n) is 4.96. The molecule has 200 valence electrons. The molecular weight excluding hydrogens is 500 g/mol. The Morgan fingerprint density at radius 1 is 1.03 bits per heavy atom. The Morgan fingerprint density at radius 2 is 1.70 bits per heavy atom. The number of anilines is 4. The third-order valence-electron chi connectivity index (χ3n) is 7.61. The van der Waals surface area contributed by atoms with Crippen molar-refractivity contribution < 1.29 is 22.0 Å². The Balaban J connectivity index is 1.41. The van der Waals surface area contributed by atoms with Crippen molar-refractivity contribution >= 4 is 38.9 Å². The number of rotatable bonds is 7. The zero-order valence-electron chi connectivity index (χ0n) is 21.4. The lowest BCUT2D eigenvalue weighted by atomic mass is 9.93. The normalized spacial score (nSPS) is 20.1. The quantitative estimate of drug-likeness (QED) is 0.539. The lowest BCUT2D eigenvalue weighted by Gasteiger charge is -2.39. The summed E-state index contributed by atoms with van der Waals surface area (Å²) < 4.78 is 54.3. The molecule has 8 nitrogen and oxygen atoms in total. The van der Waals surface area contributed by atoms with Crippen LogP contribution in [0.5, 0.6) is 0 Å². The van der Waals surface area contributed by atoms with Crippen molar-refractivity contribution in [2.75, 3.05) is 46.0 Å². The van der Waals surface area contributed by atoms with Crippen LogP contribution in [-0.2, 0) is 10.0 Å². The van der Waals surface area contributed by atoms with E-state index in [0.717, 1.165) is 31.5 Å². The van der Waals surface area contributed by atoms with Crippen LogP contribution < -0.4 is 19.8 Å². The molecule has 2 saturated heterocycles. The van der Waals surface area contributed by atoms with Gasteiger partial charge >= 0.3 is 0 Å². The van der Waals surface area contributed by atoms with Crippen molar-refractivity contribution in [2.24, 2.45) is 5.41 Å². The average molecular weight is 534 g/mol. The molecular formula is C26H33F2N5O3S. The van der Waals surface area contributed by atoms with Gasteiger partial charge in [0, 0.05) is 13.1 Å². The SMILES string of the molecule is Cc1cc(NC(=O)c2ccc(NS(=O)(=O)C(C)C)cc2N2CCC3(CC2)CC3)nc(N2CC(F)(F)C2)c1. The van der Waals surface area contributed by atoms with Gasteiger partial charge in [-0.05, 0) is 87.8 Å². The average Bonchev–Trinajstić information content (AvgIpc) is 3.55. The van der Waals surface area contributed by atoms with E-state index in [0.29, 0.717) is 28.2 Å². The number of piperidine rings is 1. The lowest BCUT2D eigenvalue weighted by Crippen LogP contribution is -2.56. The highest BCUT2D eigenvalue weighted by molar-refractivity contribution is 7.93. The molecule has 1 amide bonds. The summed E-state index contributed by atoms with van der Waals surface area (Å²) in [6, 6.07) is 8.34. The van der Waals surface area contributed by atoms with E-state index in [4.69, 9.17) is 0 Å². The van der Waals surface area contributed by atoms with Crippen molar-refractivity contribution in [2.45, 2.75) is 57.6 Å². The number of carbonyl (C=O) groups excluding carboxylic acids is 1. The molecule has 2 aliphatic heterocycles. The molecule has 3 fully saturated rings. The van der Waals surface area contributed by atoms with Crippen molar-refractivity contribution in [3.05, 3.63) is 41.5 Å². The van der Waals surface area contributed by atoms with Gasteiger partial charge in [0.25, 0.3) is 11.8 Å². The summed E-state index contributed by atoms with van der Waals surface area (Å²) in [7, 11) is -3.55. The standard InChI is InChI=1S/C26H33F2N5O3S/c1-17(2)37(35,36)31-19-4-5-20(21(14-19)32-10-8-25(6-7-25)9-11-32)24(34)30-22-12-18(3)13-23(29-22)33-15-26(27,28)16-33/h4-5,12-14,17,31H,6-11,15-16H2,1-3H3,(H,29,30,34). The van der Waals surface area contributed by atoms with E-state index in [9.17, 15) is 22.0 Å². The highest BCUT2D eigenvalue weighted by Gasteiger charge is 2.45. The van der Waals surface area contributed by atoms with E-state index in [1.165, 1.54) is 17.7 Å². The van der Waals surface area contributed by atoms with Crippen molar-refractivity contribution in [3.63, 3.8) is 0 Å². The van der Waals surface area contributed by atoms with Crippen LogP contribution in [0.3, 0.4) is 0 Å². The zero-order valence-corrected chi connectivity index (χ0v) is 22.2. The maximum atomic E-state index is 13.5. The molecule has 1 aromatic carbocycles. The Hall–Kier alpha value is -2.95. The second kappa shape index (κ2) is 9.11. The van der Waals surface area contributed by atoms with Gasteiger partial charge in [0.15, 0.2) is 0 Å². The number of nitrogens with zero attached hydrogens (tertiary/aromatic N) is 3. The number of carbonyl (C=O) groups is 1. The van der Waals surface area contributed by atoms with Gasteiger partial charge in [0.05, 0.1) is 35.3 Å². The van der Waals surface area contributed by atoms with Gasteiger partial charge in [-0.15, -0.1) is 0 Å². The molecule has 1 aliphatic carbocycles. The summed E-state index contributed by atoms with van der Waals surface area (Å²) in [6.45, 7) is 5.81. The van der Waals surface area contributed by atoms with E-state index in [1.807, 2.05) is 6.92 Å². The van der Waals surface area contributed by atoms with Gasteiger partial charge in [-0.2, -0.15) is 0 Å². The molecule has 11 heteroatoms. The maximum Gasteiger partial charge on any atom is 0.282 e. The number of amides is 1. The number of halogens is 2. The highest BCUT2D eigenvalue weighted by Crippen LogP contribution is 2.54. The summed E-state index contributed by atoms with van der Waals surface area (Å²) in [6.07, 6.45) is 4.57. The van der Waals surface area contributed by atoms with Crippen LogP contribution in [0.1, 0.15) is 55.5 Å². The third kappa shape index (κ3) is 5.51. The Kier molecular flexibility index (Phi) is 6.32. The summed E-state index contributed by atoms with van der Waals surface area (Å²) >= 11 is 0. The number of benzene rings is 1. The first-order valence-corrected chi connectivity index (χ1v) is 14.2. The first kappa shape index (κ1) is 25.7. The van der Waals surface area contributed by atoms with Crippen molar-refractivity contribution in [1.29, 1.82) is 0 Å². The minimum absolute atomic E-state index is 0.279. The van der Waals surface area contributed by atoms with Gasteiger partial charge in [0.2, 0.25) is 10.0 Å². The van der Waals surface area contributed by atoms with E-state index in [2.05, 4.69) is 19.9 Å². The molecule has 5 rings (SSSR count). The third-order valence-corrected chi connectivity index (χ3v) is 9.37. The largest absolute Gasteiger partial charge is 0.371 e. The number of sulfonamides is 1. The van der Waals surface area contributed by atoms with E-state index in [-0.39, 0.29) is 5.82 Å². The summed E-state index contributed by atoms with van der Waals surface area (Å²) in [5.74, 6) is -2.44. The second-order valence-electron chi connectivity index (χ2n) is 11.0. The Morgan fingerprint density at radius 3 is 2.30 bits per heavy atom. The van der Waals surface area contributed by atoms with Gasteiger partial charge in [0.1, 0.15) is 11.6 Å². The van der Waals surface area contributed by atoms with Gasteiger partial charge in [-0.1, -0.05) is 0 Å². The number of hydrogen-bond acceptors (Lipinski definition) is 6. The highest BCUT2D eigenvalue weighted by atomic mass is 32.2. The minimum Gasteiger partial charge on any atom is -0.371 e. The first-order valence-electron chi connectivity index (χ1n) is 12.7. The molecule has 2 aromatic rings. The predicted octanol–water partition coefficient (Wildman–Crippen LogP) is 4.63. The van der Waals surface area contributed by atoms with Crippen LogP contribution in [0.15, 0.2) is 30.3 Å². The fourth-order valence-corrected chi connectivity index (χ4v) is 5.65. The molecule has 1 aromatic heterocycles. The molecule has 3 aliphatic rings. The number of aryl methyl sites for hydroxylation is 1. The fraction of sp³-hybridized carbons (Fsp3) is 0.538. The van der Waals surface area contributed by atoms with Gasteiger partial charge < -0.3 is 15.1 Å². The minimum atomic E-state index is -3.55. The van der Waals surface area contributed by atoms with E-state index >= 15 is 0 Å². The lowest BCUT2D eigenvalue weighted by molar-refractivity contribution is -0.0267. The van der Waals surface area contributed by atoms with Gasteiger partial charge in [-0.25, -0.2) is 22.2 Å². The number of nitrogens with one attached hydrogen (secondary N) is 2. The predicted molar refractivity (Wildman–Crippen MR) is 141 cm³/mol. The molecule has 0 unspecified atom stereocenters. The smallest absolute Gasteiger partial charge is 0.282 e. The van der Waals surface area contributed by atoms with E-state index in [1.54, 1.807) is 44.2 Å². The zero-order chi connectivity index (χ0) is 26.6. The second-order valence-corrected chi connectivity index (χ2v) is 13.2. The van der Waals surface area contributed by atoms with Crippen LogP contribution in [-0.4, -0.2) is 56.7 Å². The Labute approximate surface area is 216 Å². The van der Waals surface area contributed by atoms with Crippen LogP contribution in [0.25, 0.3) is 0 Å². The Bertz CT molecular complexity index is 1310. The number of pyridine rings is 1. The van der Waals surface area contributed by atoms with Crippen LogP contribution in [0, 0.1) is 12.3 Å². The molecule has 1 saturated carbocycles. The van der Waals surface area contributed by atoms with Crippen molar-refractivity contribution in [3.8, 4) is 0 Å². The number of alkyl halides is 2.